The summed E-state index contributed by atoms with van der Waals surface area (Å²) in [6.07, 6.45) is 4.92. The van der Waals surface area contributed by atoms with Crippen molar-refractivity contribution in [2.24, 2.45) is 0 Å². The van der Waals surface area contributed by atoms with Gasteiger partial charge in [0.2, 0.25) is 0 Å². The minimum Gasteiger partial charge on any atom is -0.321 e. The number of hydrogen-bond acceptors (Lipinski definition) is 5. The SMILES string of the molecule is CCN(C(=O)Nc1cnccn1)C1CCS(=O)(=O)C1. The Bertz CT molecular complexity index is 546. The maximum atomic E-state index is 12.1. The van der Waals surface area contributed by atoms with Crippen LogP contribution in [0.3, 0.4) is 0 Å². The maximum absolute atomic E-state index is 12.1. The first-order chi connectivity index (χ1) is 9.02. The number of aromatic nitrogens is 2. The Hall–Kier alpha value is -1.70. The minimum atomic E-state index is -3.01. The van der Waals surface area contributed by atoms with Crippen molar-refractivity contribution < 1.29 is 13.2 Å². The summed E-state index contributed by atoms with van der Waals surface area (Å²) in [6, 6.07) is -0.600. The topological polar surface area (TPSA) is 92.3 Å². The summed E-state index contributed by atoms with van der Waals surface area (Å²) in [4.78, 5) is 21.4. The van der Waals surface area contributed by atoms with E-state index in [0.717, 1.165) is 0 Å². The minimum absolute atomic E-state index is 0.0364. The van der Waals surface area contributed by atoms with Crippen LogP contribution in [0.4, 0.5) is 10.6 Å². The maximum Gasteiger partial charge on any atom is 0.323 e. The summed E-state index contributed by atoms with van der Waals surface area (Å²) >= 11 is 0. The van der Waals surface area contributed by atoms with Crippen molar-refractivity contribution in [3.63, 3.8) is 0 Å². The molecule has 0 radical (unpaired) electrons. The molecule has 0 aliphatic carbocycles. The number of rotatable bonds is 3. The third-order valence-electron chi connectivity index (χ3n) is 3.05. The van der Waals surface area contributed by atoms with Crippen LogP contribution in [-0.4, -0.2) is 53.4 Å². The highest BCUT2D eigenvalue weighted by Gasteiger charge is 2.33. The normalized spacial score (nSPS) is 21.0. The molecule has 1 N–H and O–H groups in total. The number of carbonyl (C=O) groups excluding carboxylic acids is 1. The molecule has 0 saturated carbocycles. The van der Waals surface area contributed by atoms with Gasteiger partial charge < -0.3 is 4.90 Å². The summed E-state index contributed by atoms with van der Waals surface area (Å²) in [5, 5.41) is 2.62. The zero-order valence-electron chi connectivity index (χ0n) is 10.6. The van der Waals surface area contributed by atoms with Gasteiger partial charge in [-0.05, 0) is 13.3 Å². The van der Waals surface area contributed by atoms with Gasteiger partial charge in [0.25, 0.3) is 0 Å². The summed E-state index contributed by atoms with van der Waals surface area (Å²) in [5.74, 6) is 0.535. The number of hydrogen-bond donors (Lipinski definition) is 1. The fraction of sp³-hybridized carbons (Fsp3) is 0.545. The van der Waals surface area contributed by atoms with E-state index in [2.05, 4.69) is 15.3 Å². The number of sulfone groups is 1. The quantitative estimate of drug-likeness (QED) is 0.873. The molecule has 0 spiro atoms. The van der Waals surface area contributed by atoms with Crippen molar-refractivity contribution >= 4 is 21.7 Å². The monoisotopic (exact) mass is 284 g/mol. The second kappa shape index (κ2) is 5.52. The number of amides is 2. The van der Waals surface area contributed by atoms with E-state index in [-0.39, 0.29) is 23.6 Å². The van der Waals surface area contributed by atoms with Crippen molar-refractivity contribution in [1.82, 2.24) is 14.9 Å². The standard InChI is InChI=1S/C11H16N4O3S/c1-2-15(9-3-6-19(17,18)8-9)11(16)14-10-7-12-4-5-13-10/h4-5,7,9H,2-3,6,8H2,1H3,(H,13,14,16). The predicted molar refractivity (Wildman–Crippen MR) is 70.5 cm³/mol. The molecule has 8 heteroatoms. The van der Waals surface area contributed by atoms with E-state index in [9.17, 15) is 13.2 Å². The number of nitrogens with one attached hydrogen (secondary N) is 1. The van der Waals surface area contributed by atoms with Crippen molar-refractivity contribution in [1.29, 1.82) is 0 Å². The second-order valence-corrected chi connectivity index (χ2v) is 6.59. The van der Waals surface area contributed by atoms with E-state index in [1.807, 2.05) is 6.92 Å². The first-order valence-electron chi connectivity index (χ1n) is 6.06. The average Bonchev–Trinajstić information content (AvgIpc) is 2.72. The molecular formula is C11H16N4O3S. The van der Waals surface area contributed by atoms with E-state index in [1.54, 1.807) is 0 Å². The molecule has 2 rings (SSSR count). The summed E-state index contributed by atoms with van der Waals surface area (Å²) in [6.45, 7) is 2.27. The van der Waals surface area contributed by atoms with Crippen LogP contribution in [0.2, 0.25) is 0 Å². The molecule has 1 aromatic heterocycles. The number of carbonyl (C=O) groups is 1. The van der Waals surface area contributed by atoms with Crippen LogP contribution in [0, 0.1) is 0 Å². The predicted octanol–water partition coefficient (Wildman–Crippen LogP) is 0.517. The van der Waals surface area contributed by atoms with Gasteiger partial charge in [0.05, 0.1) is 17.7 Å². The molecule has 19 heavy (non-hydrogen) atoms. The molecule has 104 valence electrons. The van der Waals surface area contributed by atoms with Gasteiger partial charge >= 0.3 is 6.03 Å². The Labute approximate surface area is 112 Å². The molecule has 1 fully saturated rings. The number of anilines is 1. The molecule has 2 heterocycles. The molecule has 1 aliphatic heterocycles. The van der Waals surface area contributed by atoms with E-state index in [4.69, 9.17) is 0 Å². The van der Waals surface area contributed by atoms with Gasteiger partial charge in [-0.1, -0.05) is 0 Å². The van der Waals surface area contributed by atoms with Crippen LogP contribution in [0.15, 0.2) is 18.6 Å². The van der Waals surface area contributed by atoms with Gasteiger partial charge in [0, 0.05) is 25.0 Å². The molecular weight excluding hydrogens is 268 g/mol. The summed E-state index contributed by atoms with van der Waals surface area (Å²) in [5.41, 5.74) is 0. The average molecular weight is 284 g/mol. The van der Waals surface area contributed by atoms with Gasteiger partial charge in [-0.25, -0.2) is 18.2 Å². The lowest BCUT2D eigenvalue weighted by Gasteiger charge is -2.26. The van der Waals surface area contributed by atoms with Crippen LogP contribution in [0.1, 0.15) is 13.3 Å². The Kier molecular flexibility index (Phi) is 3.98. The lowest BCUT2D eigenvalue weighted by Crippen LogP contribution is -2.43. The van der Waals surface area contributed by atoms with Crippen LogP contribution in [-0.2, 0) is 9.84 Å². The first kappa shape index (κ1) is 13.7. The van der Waals surface area contributed by atoms with E-state index < -0.39 is 9.84 Å². The lowest BCUT2D eigenvalue weighted by molar-refractivity contribution is 0.197. The molecule has 1 atom stereocenters. The Morgan fingerprint density at radius 3 is 2.84 bits per heavy atom. The molecule has 1 unspecified atom stereocenters. The molecule has 1 saturated heterocycles. The van der Waals surface area contributed by atoms with Gasteiger partial charge in [0.15, 0.2) is 15.7 Å². The van der Waals surface area contributed by atoms with Gasteiger partial charge in [-0.2, -0.15) is 0 Å². The fourth-order valence-corrected chi connectivity index (χ4v) is 3.86. The van der Waals surface area contributed by atoms with Crippen molar-refractivity contribution in [3.8, 4) is 0 Å². The van der Waals surface area contributed by atoms with Gasteiger partial charge in [0.1, 0.15) is 0 Å². The highest BCUT2D eigenvalue weighted by atomic mass is 32.2. The molecule has 1 aliphatic rings. The number of urea groups is 1. The van der Waals surface area contributed by atoms with E-state index >= 15 is 0 Å². The van der Waals surface area contributed by atoms with E-state index in [1.165, 1.54) is 23.5 Å². The molecule has 2 amide bonds. The summed E-state index contributed by atoms with van der Waals surface area (Å²) < 4.78 is 22.9. The summed E-state index contributed by atoms with van der Waals surface area (Å²) in [7, 11) is -3.01. The highest BCUT2D eigenvalue weighted by molar-refractivity contribution is 7.91. The Balaban J connectivity index is 2.04. The van der Waals surface area contributed by atoms with Crippen molar-refractivity contribution in [3.05, 3.63) is 18.6 Å². The van der Waals surface area contributed by atoms with Gasteiger partial charge in [-0.3, -0.25) is 10.3 Å². The van der Waals surface area contributed by atoms with Crippen LogP contribution >= 0.6 is 0 Å². The second-order valence-electron chi connectivity index (χ2n) is 4.36. The molecule has 0 aromatic carbocycles. The first-order valence-corrected chi connectivity index (χ1v) is 7.88. The molecule has 0 bridgehead atoms. The van der Waals surface area contributed by atoms with Crippen molar-refractivity contribution in [2.75, 3.05) is 23.4 Å². The molecule has 1 aromatic rings. The van der Waals surface area contributed by atoms with E-state index in [0.29, 0.717) is 18.8 Å². The Morgan fingerprint density at radius 2 is 2.32 bits per heavy atom. The van der Waals surface area contributed by atoms with Crippen LogP contribution < -0.4 is 5.32 Å². The number of nitrogens with zero attached hydrogens (tertiary/aromatic N) is 3. The zero-order valence-corrected chi connectivity index (χ0v) is 11.4. The largest absolute Gasteiger partial charge is 0.323 e. The van der Waals surface area contributed by atoms with Crippen LogP contribution in [0.25, 0.3) is 0 Å². The van der Waals surface area contributed by atoms with Gasteiger partial charge in [-0.15, -0.1) is 0 Å². The highest BCUT2D eigenvalue weighted by Crippen LogP contribution is 2.18. The molecule has 7 nitrogen and oxygen atoms in total. The Morgan fingerprint density at radius 1 is 1.53 bits per heavy atom. The smallest absolute Gasteiger partial charge is 0.321 e. The third-order valence-corrected chi connectivity index (χ3v) is 4.80. The van der Waals surface area contributed by atoms with Crippen molar-refractivity contribution in [2.45, 2.75) is 19.4 Å². The fourth-order valence-electron chi connectivity index (χ4n) is 2.13. The lowest BCUT2D eigenvalue weighted by atomic mass is 10.2. The van der Waals surface area contributed by atoms with Crippen LogP contribution in [0.5, 0.6) is 0 Å². The zero-order chi connectivity index (χ0) is 13.9. The third kappa shape index (κ3) is 3.40.